The summed E-state index contributed by atoms with van der Waals surface area (Å²) in [4.78, 5) is 0. The molecule has 16 heavy (non-hydrogen) atoms. The number of rotatable bonds is 9. The van der Waals surface area contributed by atoms with Gasteiger partial charge < -0.3 is 10.1 Å². The van der Waals surface area contributed by atoms with Crippen molar-refractivity contribution in [3.05, 3.63) is 22.4 Å². The van der Waals surface area contributed by atoms with E-state index in [2.05, 4.69) is 29.1 Å². The fourth-order valence-electron chi connectivity index (χ4n) is 1.91. The molecule has 0 spiro atoms. The lowest BCUT2D eigenvalue weighted by Crippen LogP contribution is -2.27. The SMILES string of the molecule is CCCC(CNCCOC)Cc1ccsc1. The molecule has 0 radical (unpaired) electrons. The van der Waals surface area contributed by atoms with Gasteiger partial charge in [0.1, 0.15) is 0 Å². The first-order valence-corrected chi connectivity index (χ1v) is 7.01. The molecule has 0 saturated heterocycles. The molecule has 0 aromatic carbocycles. The molecule has 1 aromatic heterocycles. The average Bonchev–Trinajstić information content (AvgIpc) is 2.77. The third-order valence-electron chi connectivity index (χ3n) is 2.72. The number of hydrogen-bond acceptors (Lipinski definition) is 3. The Balaban J connectivity index is 2.24. The summed E-state index contributed by atoms with van der Waals surface area (Å²) in [5.41, 5.74) is 1.48. The molecule has 92 valence electrons. The van der Waals surface area contributed by atoms with Gasteiger partial charge in [-0.1, -0.05) is 13.3 Å². The highest BCUT2D eigenvalue weighted by Gasteiger charge is 2.08. The quantitative estimate of drug-likeness (QED) is 0.671. The number of methoxy groups -OCH3 is 1. The summed E-state index contributed by atoms with van der Waals surface area (Å²) in [6.45, 7) is 5.13. The standard InChI is InChI=1S/C13H23NOS/c1-3-4-12(10-14-6-7-15-2)9-13-5-8-16-11-13/h5,8,11-12,14H,3-4,6-7,9-10H2,1-2H3. The monoisotopic (exact) mass is 241 g/mol. The third-order valence-corrected chi connectivity index (χ3v) is 3.45. The van der Waals surface area contributed by atoms with Gasteiger partial charge in [0, 0.05) is 13.7 Å². The third kappa shape index (κ3) is 5.64. The summed E-state index contributed by atoms with van der Waals surface area (Å²) >= 11 is 1.79. The molecule has 1 unspecified atom stereocenters. The highest BCUT2D eigenvalue weighted by atomic mass is 32.1. The summed E-state index contributed by atoms with van der Waals surface area (Å²) in [5.74, 6) is 0.761. The maximum atomic E-state index is 5.03. The lowest BCUT2D eigenvalue weighted by molar-refractivity contribution is 0.197. The number of ether oxygens (including phenoxy) is 1. The zero-order valence-corrected chi connectivity index (χ0v) is 11.2. The Labute approximate surface area is 103 Å². The van der Waals surface area contributed by atoms with E-state index in [-0.39, 0.29) is 0 Å². The van der Waals surface area contributed by atoms with Crippen LogP contribution in [0, 0.1) is 5.92 Å². The Morgan fingerprint density at radius 2 is 2.38 bits per heavy atom. The van der Waals surface area contributed by atoms with Crippen LogP contribution in [0.15, 0.2) is 16.8 Å². The van der Waals surface area contributed by atoms with Crippen LogP contribution < -0.4 is 5.32 Å². The van der Waals surface area contributed by atoms with Crippen molar-refractivity contribution in [2.24, 2.45) is 5.92 Å². The normalized spacial score (nSPS) is 12.9. The molecule has 0 aliphatic rings. The predicted octanol–water partition coefficient (Wildman–Crippen LogP) is 2.94. The van der Waals surface area contributed by atoms with Gasteiger partial charge in [-0.05, 0) is 47.7 Å². The minimum atomic E-state index is 0.761. The zero-order chi connectivity index (χ0) is 11.6. The second-order valence-corrected chi connectivity index (χ2v) is 4.97. The van der Waals surface area contributed by atoms with E-state index in [1.54, 1.807) is 18.4 Å². The number of thiophene rings is 1. The zero-order valence-electron chi connectivity index (χ0n) is 10.4. The molecule has 1 N–H and O–H groups in total. The number of nitrogens with one attached hydrogen (secondary N) is 1. The topological polar surface area (TPSA) is 21.3 Å². The summed E-state index contributed by atoms with van der Waals surface area (Å²) in [7, 11) is 1.75. The van der Waals surface area contributed by atoms with Gasteiger partial charge in [0.2, 0.25) is 0 Å². The van der Waals surface area contributed by atoms with Crippen molar-refractivity contribution in [2.45, 2.75) is 26.2 Å². The van der Waals surface area contributed by atoms with Crippen molar-refractivity contribution in [1.29, 1.82) is 0 Å². The van der Waals surface area contributed by atoms with E-state index in [0.717, 1.165) is 25.6 Å². The van der Waals surface area contributed by atoms with E-state index in [0.29, 0.717) is 0 Å². The van der Waals surface area contributed by atoms with Crippen LogP contribution in [-0.4, -0.2) is 26.8 Å². The van der Waals surface area contributed by atoms with E-state index in [1.165, 1.54) is 24.8 Å². The molecule has 1 heterocycles. The maximum Gasteiger partial charge on any atom is 0.0587 e. The summed E-state index contributed by atoms with van der Waals surface area (Å²) in [6, 6.07) is 2.24. The predicted molar refractivity (Wildman–Crippen MR) is 71.2 cm³/mol. The molecule has 2 nitrogen and oxygen atoms in total. The van der Waals surface area contributed by atoms with Gasteiger partial charge in [0.15, 0.2) is 0 Å². The fourth-order valence-corrected chi connectivity index (χ4v) is 2.59. The fraction of sp³-hybridized carbons (Fsp3) is 0.692. The minimum absolute atomic E-state index is 0.761. The molecule has 1 rings (SSSR count). The second kappa shape index (κ2) is 8.74. The average molecular weight is 241 g/mol. The second-order valence-electron chi connectivity index (χ2n) is 4.19. The van der Waals surface area contributed by atoms with Gasteiger partial charge in [0.25, 0.3) is 0 Å². The van der Waals surface area contributed by atoms with Crippen molar-refractivity contribution in [3.63, 3.8) is 0 Å². The molecule has 3 heteroatoms. The first-order valence-electron chi connectivity index (χ1n) is 6.07. The van der Waals surface area contributed by atoms with Gasteiger partial charge in [-0.15, -0.1) is 0 Å². The largest absolute Gasteiger partial charge is 0.383 e. The van der Waals surface area contributed by atoms with Gasteiger partial charge in [-0.25, -0.2) is 0 Å². The van der Waals surface area contributed by atoms with Crippen molar-refractivity contribution < 1.29 is 4.74 Å². The van der Waals surface area contributed by atoms with Gasteiger partial charge in [-0.3, -0.25) is 0 Å². The van der Waals surface area contributed by atoms with Crippen LogP contribution in [0.4, 0.5) is 0 Å². The van der Waals surface area contributed by atoms with E-state index < -0.39 is 0 Å². The van der Waals surface area contributed by atoms with Crippen molar-refractivity contribution >= 4 is 11.3 Å². The summed E-state index contributed by atoms with van der Waals surface area (Å²) in [5, 5.41) is 7.89. The van der Waals surface area contributed by atoms with Gasteiger partial charge in [-0.2, -0.15) is 11.3 Å². The molecule has 0 amide bonds. The number of hydrogen-bond donors (Lipinski definition) is 1. The Morgan fingerprint density at radius 3 is 3.00 bits per heavy atom. The molecule has 0 saturated carbocycles. The van der Waals surface area contributed by atoms with Gasteiger partial charge in [0.05, 0.1) is 6.61 Å². The molecule has 0 aliphatic heterocycles. The summed E-state index contributed by atoms with van der Waals surface area (Å²) < 4.78 is 5.03. The van der Waals surface area contributed by atoms with E-state index >= 15 is 0 Å². The molecule has 0 fully saturated rings. The van der Waals surface area contributed by atoms with Crippen LogP contribution >= 0.6 is 11.3 Å². The molecular formula is C13H23NOS. The van der Waals surface area contributed by atoms with Crippen molar-refractivity contribution in [1.82, 2.24) is 5.32 Å². The van der Waals surface area contributed by atoms with Gasteiger partial charge >= 0.3 is 0 Å². The first kappa shape index (κ1) is 13.7. The first-order chi connectivity index (χ1) is 7.86. The van der Waals surface area contributed by atoms with E-state index in [1.807, 2.05) is 0 Å². The molecule has 0 bridgehead atoms. The van der Waals surface area contributed by atoms with Crippen molar-refractivity contribution in [2.75, 3.05) is 26.8 Å². The molecule has 1 aromatic rings. The van der Waals surface area contributed by atoms with Crippen molar-refractivity contribution in [3.8, 4) is 0 Å². The molecular weight excluding hydrogens is 218 g/mol. The smallest absolute Gasteiger partial charge is 0.0587 e. The molecule has 0 aliphatic carbocycles. The van der Waals surface area contributed by atoms with Crippen LogP contribution in [0.2, 0.25) is 0 Å². The Bertz CT molecular complexity index is 248. The highest BCUT2D eigenvalue weighted by molar-refractivity contribution is 7.07. The lowest BCUT2D eigenvalue weighted by atomic mass is 9.96. The van der Waals surface area contributed by atoms with Crippen LogP contribution in [0.1, 0.15) is 25.3 Å². The Hall–Kier alpha value is -0.380. The van der Waals surface area contributed by atoms with Crippen LogP contribution in [0.25, 0.3) is 0 Å². The molecule has 1 atom stereocenters. The van der Waals surface area contributed by atoms with Crippen LogP contribution in [0.5, 0.6) is 0 Å². The lowest BCUT2D eigenvalue weighted by Gasteiger charge is -2.16. The highest BCUT2D eigenvalue weighted by Crippen LogP contribution is 2.15. The van der Waals surface area contributed by atoms with Crippen LogP contribution in [0.3, 0.4) is 0 Å². The Morgan fingerprint density at radius 1 is 1.50 bits per heavy atom. The Kier molecular flexibility index (Phi) is 7.47. The van der Waals surface area contributed by atoms with E-state index in [9.17, 15) is 0 Å². The van der Waals surface area contributed by atoms with Crippen LogP contribution in [-0.2, 0) is 11.2 Å². The van der Waals surface area contributed by atoms with E-state index in [4.69, 9.17) is 4.74 Å². The summed E-state index contributed by atoms with van der Waals surface area (Å²) in [6.07, 6.45) is 3.77. The minimum Gasteiger partial charge on any atom is -0.383 e. The maximum absolute atomic E-state index is 5.03.